The van der Waals surface area contributed by atoms with Crippen LogP contribution in [-0.4, -0.2) is 50.1 Å². The molecule has 1 amide bonds. The number of nitrogens with zero attached hydrogens (tertiary/aromatic N) is 2. The van der Waals surface area contributed by atoms with E-state index in [1.54, 1.807) is 39.5 Å². The minimum atomic E-state index is -0.0454. The van der Waals surface area contributed by atoms with Crippen molar-refractivity contribution in [1.29, 1.82) is 0 Å². The minimum Gasteiger partial charge on any atom is -0.383 e. The summed E-state index contributed by atoms with van der Waals surface area (Å²) < 4.78 is 4.91. The number of hydrogen-bond acceptors (Lipinski definition) is 4. The zero-order chi connectivity index (χ0) is 12.0. The summed E-state index contributed by atoms with van der Waals surface area (Å²) in [6.45, 7) is 1.32. The SMILES string of the molecule is COCCNc1ccc(C(=O)N(C)C)cn1. The Balaban J connectivity index is 2.57. The van der Waals surface area contributed by atoms with Crippen molar-refractivity contribution >= 4 is 11.7 Å². The van der Waals surface area contributed by atoms with Crippen LogP contribution in [0.2, 0.25) is 0 Å². The van der Waals surface area contributed by atoms with Crippen molar-refractivity contribution in [1.82, 2.24) is 9.88 Å². The maximum atomic E-state index is 11.6. The highest BCUT2D eigenvalue weighted by atomic mass is 16.5. The number of ether oxygens (including phenoxy) is 1. The van der Waals surface area contributed by atoms with Crippen LogP contribution in [0.4, 0.5) is 5.82 Å². The molecule has 5 heteroatoms. The second-order valence-corrected chi connectivity index (χ2v) is 3.55. The van der Waals surface area contributed by atoms with Gasteiger partial charge in [0.1, 0.15) is 5.82 Å². The van der Waals surface area contributed by atoms with E-state index in [-0.39, 0.29) is 5.91 Å². The molecule has 1 heterocycles. The third-order valence-electron chi connectivity index (χ3n) is 2.03. The van der Waals surface area contributed by atoms with E-state index in [0.717, 1.165) is 5.82 Å². The van der Waals surface area contributed by atoms with Gasteiger partial charge in [-0.1, -0.05) is 0 Å². The van der Waals surface area contributed by atoms with Crippen molar-refractivity contribution in [3.63, 3.8) is 0 Å². The van der Waals surface area contributed by atoms with E-state index >= 15 is 0 Å². The molecule has 16 heavy (non-hydrogen) atoms. The molecule has 0 bridgehead atoms. The van der Waals surface area contributed by atoms with Gasteiger partial charge in [0, 0.05) is 33.9 Å². The van der Waals surface area contributed by atoms with Gasteiger partial charge in [-0.05, 0) is 12.1 Å². The first-order chi connectivity index (χ1) is 7.65. The molecule has 0 aliphatic heterocycles. The first kappa shape index (κ1) is 12.4. The summed E-state index contributed by atoms with van der Waals surface area (Å²) in [6, 6.07) is 3.54. The van der Waals surface area contributed by atoms with E-state index in [4.69, 9.17) is 4.74 Å². The number of carbonyl (C=O) groups excluding carboxylic acids is 1. The Morgan fingerprint density at radius 1 is 1.50 bits per heavy atom. The van der Waals surface area contributed by atoms with Crippen LogP contribution in [0.25, 0.3) is 0 Å². The normalized spacial score (nSPS) is 9.94. The van der Waals surface area contributed by atoms with Crippen LogP contribution in [0.5, 0.6) is 0 Å². The largest absolute Gasteiger partial charge is 0.383 e. The number of pyridine rings is 1. The third kappa shape index (κ3) is 3.51. The molecule has 88 valence electrons. The van der Waals surface area contributed by atoms with Gasteiger partial charge in [0.25, 0.3) is 5.91 Å². The summed E-state index contributed by atoms with van der Waals surface area (Å²) in [5.41, 5.74) is 0.585. The second kappa shape index (κ2) is 6.07. The molecule has 0 spiro atoms. The molecule has 0 aliphatic carbocycles. The van der Waals surface area contributed by atoms with E-state index < -0.39 is 0 Å². The summed E-state index contributed by atoms with van der Waals surface area (Å²) in [5, 5.41) is 3.08. The number of anilines is 1. The Bertz CT molecular complexity index is 336. The van der Waals surface area contributed by atoms with Gasteiger partial charge in [0.2, 0.25) is 0 Å². The lowest BCUT2D eigenvalue weighted by molar-refractivity contribution is 0.0827. The van der Waals surface area contributed by atoms with Crippen molar-refractivity contribution in [3.8, 4) is 0 Å². The number of hydrogen-bond donors (Lipinski definition) is 1. The van der Waals surface area contributed by atoms with E-state index in [2.05, 4.69) is 10.3 Å². The molecule has 1 aromatic rings. The smallest absolute Gasteiger partial charge is 0.254 e. The second-order valence-electron chi connectivity index (χ2n) is 3.55. The predicted molar refractivity (Wildman–Crippen MR) is 62.6 cm³/mol. The summed E-state index contributed by atoms with van der Waals surface area (Å²) >= 11 is 0. The van der Waals surface area contributed by atoms with Crippen LogP contribution < -0.4 is 5.32 Å². The number of nitrogens with one attached hydrogen (secondary N) is 1. The molecule has 1 aromatic heterocycles. The van der Waals surface area contributed by atoms with E-state index in [0.29, 0.717) is 18.7 Å². The van der Waals surface area contributed by atoms with Gasteiger partial charge in [0.05, 0.1) is 12.2 Å². The minimum absolute atomic E-state index is 0.0454. The lowest BCUT2D eigenvalue weighted by Gasteiger charge is -2.10. The first-order valence-electron chi connectivity index (χ1n) is 5.05. The summed E-state index contributed by atoms with van der Waals surface area (Å²) in [4.78, 5) is 17.2. The molecule has 1 N–H and O–H groups in total. The molecular weight excluding hydrogens is 206 g/mol. The van der Waals surface area contributed by atoms with Gasteiger partial charge < -0.3 is 15.0 Å². The summed E-state index contributed by atoms with van der Waals surface area (Å²) in [7, 11) is 5.08. The highest BCUT2D eigenvalue weighted by Gasteiger charge is 2.07. The lowest BCUT2D eigenvalue weighted by Crippen LogP contribution is -2.21. The van der Waals surface area contributed by atoms with Gasteiger partial charge >= 0.3 is 0 Å². The van der Waals surface area contributed by atoms with Crippen LogP contribution in [0.15, 0.2) is 18.3 Å². The van der Waals surface area contributed by atoms with Crippen LogP contribution in [0.3, 0.4) is 0 Å². The Morgan fingerprint density at radius 2 is 2.25 bits per heavy atom. The number of aromatic nitrogens is 1. The maximum absolute atomic E-state index is 11.6. The molecule has 1 rings (SSSR count). The summed E-state index contributed by atoms with van der Waals surface area (Å²) in [6.07, 6.45) is 1.57. The monoisotopic (exact) mass is 223 g/mol. The standard InChI is InChI=1S/C11H17N3O2/c1-14(2)11(15)9-4-5-10(13-8-9)12-6-7-16-3/h4-5,8H,6-7H2,1-3H3,(H,12,13). The topological polar surface area (TPSA) is 54.5 Å². The Kier molecular flexibility index (Phi) is 4.72. The van der Waals surface area contributed by atoms with Crippen LogP contribution in [0.1, 0.15) is 10.4 Å². The number of methoxy groups -OCH3 is 1. The zero-order valence-corrected chi connectivity index (χ0v) is 9.86. The quantitative estimate of drug-likeness (QED) is 0.752. The highest BCUT2D eigenvalue weighted by Crippen LogP contribution is 2.06. The molecule has 0 unspecified atom stereocenters. The van der Waals surface area contributed by atoms with Crippen molar-refractivity contribution in [2.24, 2.45) is 0 Å². The average Bonchev–Trinajstić information content (AvgIpc) is 2.29. The molecular formula is C11H17N3O2. The third-order valence-corrected chi connectivity index (χ3v) is 2.03. The van der Waals surface area contributed by atoms with Gasteiger partial charge in [-0.2, -0.15) is 0 Å². The first-order valence-corrected chi connectivity index (χ1v) is 5.05. The van der Waals surface area contributed by atoms with Crippen molar-refractivity contribution in [2.75, 3.05) is 39.7 Å². The number of carbonyl (C=O) groups is 1. The lowest BCUT2D eigenvalue weighted by atomic mass is 10.2. The average molecular weight is 223 g/mol. The van der Waals surface area contributed by atoms with Crippen LogP contribution in [0, 0.1) is 0 Å². The molecule has 0 radical (unpaired) electrons. The predicted octanol–water partition coefficient (Wildman–Crippen LogP) is 0.842. The van der Waals surface area contributed by atoms with E-state index in [1.165, 1.54) is 4.90 Å². The number of rotatable bonds is 5. The van der Waals surface area contributed by atoms with Crippen LogP contribution in [-0.2, 0) is 4.74 Å². The fourth-order valence-electron chi connectivity index (χ4n) is 1.16. The molecule has 0 saturated carbocycles. The van der Waals surface area contributed by atoms with Gasteiger partial charge in [-0.15, -0.1) is 0 Å². The molecule has 5 nitrogen and oxygen atoms in total. The Morgan fingerprint density at radius 3 is 2.75 bits per heavy atom. The zero-order valence-electron chi connectivity index (χ0n) is 9.86. The van der Waals surface area contributed by atoms with Crippen molar-refractivity contribution in [2.45, 2.75) is 0 Å². The van der Waals surface area contributed by atoms with Crippen LogP contribution >= 0.6 is 0 Å². The maximum Gasteiger partial charge on any atom is 0.254 e. The highest BCUT2D eigenvalue weighted by molar-refractivity contribution is 5.93. The molecule has 0 aliphatic rings. The Hall–Kier alpha value is -1.62. The summed E-state index contributed by atoms with van der Waals surface area (Å²) in [5.74, 6) is 0.697. The van der Waals surface area contributed by atoms with E-state index in [1.807, 2.05) is 0 Å². The fourth-order valence-corrected chi connectivity index (χ4v) is 1.16. The van der Waals surface area contributed by atoms with Gasteiger partial charge in [0.15, 0.2) is 0 Å². The van der Waals surface area contributed by atoms with Gasteiger partial charge in [-0.25, -0.2) is 4.98 Å². The van der Waals surface area contributed by atoms with Crippen molar-refractivity contribution in [3.05, 3.63) is 23.9 Å². The molecule has 0 fully saturated rings. The van der Waals surface area contributed by atoms with Crippen molar-refractivity contribution < 1.29 is 9.53 Å². The molecule has 0 saturated heterocycles. The fraction of sp³-hybridized carbons (Fsp3) is 0.455. The van der Waals surface area contributed by atoms with Gasteiger partial charge in [-0.3, -0.25) is 4.79 Å². The molecule has 0 atom stereocenters. The number of amides is 1. The molecule has 0 aromatic carbocycles. The Labute approximate surface area is 95.4 Å². The van der Waals surface area contributed by atoms with E-state index in [9.17, 15) is 4.79 Å².